The first-order chi connectivity index (χ1) is 16.9. The molecule has 2 fully saturated rings. The molecule has 6 nitrogen and oxygen atoms in total. The molecular weight excluding hydrogens is 457 g/mol. The van der Waals surface area contributed by atoms with Gasteiger partial charge in [0.15, 0.2) is 17.0 Å². The zero-order valence-electron chi connectivity index (χ0n) is 19.4. The maximum atomic E-state index is 14.2. The first-order valence-corrected chi connectivity index (χ1v) is 12.4. The van der Waals surface area contributed by atoms with Gasteiger partial charge in [0.25, 0.3) is 0 Å². The minimum Gasteiger partial charge on any atom is -0.461 e. The molecule has 2 atom stereocenters. The highest BCUT2D eigenvalue weighted by molar-refractivity contribution is 5.88. The summed E-state index contributed by atoms with van der Waals surface area (Å²) in [7, 11) is 0. The summed E-state index contributed by atoms with van der Waals surface area (Å²) in [5, 5.41) is 4.04. The molecule has 35 heavy (non-hydrogen) atoms. The third-order valence-corrected chi connectivity index (χ3v) is 7.75. The van der Waals surface area contributed by atoms with E-state index in [0.29, 0.717) is 23.7 Å². The fraction of sp³-hybridized carbons (Fsp3) is 0.500. The number of alkyl halides is 3. The zero-order chi connectivity index (χ0) is 24.2. The molecule has 2 aromatic heterocycles. The van der Waals surface area contributed by atoms with E-state index >= 15 is 0 Å². The van der Waals surface area contributed by atoms with Crippen molar-refractivity contribution in [3.8, 4) is 11.3 Å². The van der Waals surface area contributed by atoms with Crippen LogP contribution in [-0.2, 0) is 23.8 Å². The van der Waals surface area contributed by atoms with E-state index in [0.717, 1.165) is 42.4 Å². The van der Waals surface area contributed by atoms with Gasteiger partial charge in [-0.3, -0.25) is 4.90 Å². The fourth-order valence-electron chi connectivity index (χ4n) is 6.15. The predicted molar refractivity (Wildman–Crippen MR) is 123 cm³/mol. The van der Waals surface area contributed by atoms with Crippen molar-refractivity contribution in [1.29, 1.82) is 0 Å². The summed E-state index contributed by atoms with van der Waals surface area (Å²) in [5.74, 6) is -0.451. The van der Waals surface area contributed by atoms with E-state index in [2.05, 4.69) is 15.0 Å². The Labute approximate surface area is 201 Å². The molecule has 3 aromatic rings. The van der Waals surface area contributed by atoms with Crippen molar-refractivity contribution in [2.75, 3.05) is 19.7 Å². The molecule has 0 spiro atoms. The van der Waals surface area contributed by atoms with Crippen LogP contribution in [0.25, 0.3) is 16.9 Å². The molecule has 2 aliphatic heterocycles. The topological polar surface area (TPSA) is 59.7 Å². The Hall–Kier alpha value is -2.94. The number of aryl methyl sites for hydroxylation is 1. The number of carbonyl (C=O) groups is 1. The lowest BCUT2D eigenvalue weighted by Gasteiger charge is -2.44. The highest BCUT2D eigenvalue weighted by atomic mass is 19.4. The van der Waals surface area contributed by atoms with E-state index in [1.54, 1.807) is 12.1 Å². The lowest BCUT2D eigenvalue weighted by molar-refractivity contribution is -0.143. The largest absolute Gasteiger partial charge is 0.461 e. The number of hydrogen-bond donors (Lipinski definition) is 0. The molecule has 4 heterocycles. The lowest BCUT2D eigenvalue weighted by Crippen LogP contribution is -2.49. The third kappa shape index (κ3) is 3.99. The van der Waals surface area contributed by atoms with Crippen molar-refractivity contribution in [2.24, 2.45) is 5.92 Å². The first-order valence-electron chi connectivity index (χ1n) is 12.4. The quantitative estimate of drug-likeness (QED) is 0.493. The number of carbonyl (C=O) groups excluding carboxylic acids is 1. The number of benzene rings is 1. The van der Waals surface area contributed by atoms with Crippen LogP contribution in [0.4, 0.5) is 13.2 Å². The summed E-state index contributed by atoms with van der Waals surface area (Å²) in [4.78, 5) is 19.9. The van der Waals surface area contributed by atoms with Gasteiger partial charge >= 0.3 is 12.1 Å². The average molecular weight is 485 g/mol. The highest BCUT2D eigenvalue weighted by Crippen LogP contribution is 2.40. The Balaban J connectivity index is 1.32. The van der Waals surface area contributed by atoms with Gasteiger partial charge in [-0.25, -0.2) is 14.3 Å². The van der Waals surface area contributed by atoms with Crippen LogP contribution in [0.2, 0.25) is 0 Å². The molecule has 6 rings (SSSR count). The van der Waals surface area contributed by atoms with Crippen LogP contribution in [0.5, 0.6) is 0 Å². The highest BCUT2D eigenvalue weighted by Gasteiger charge is 2.40. The minimum atomic E-state index is -4.64. The standard InChI is InChI=1S/C26H27F3N4O2/c27-26(28,29)24-19-11-10-16-6-1-2-8-18(16)23(19)30-22-14-20(31-33(22)24)25(34)35-15-17-7-5-13-32-12-4-3-9-21(17)32/h1-2,6,8,14,17,21H,3-5,7,9-13,15H2. The fourth-order valence-corrected chi connectivity index (χ4v) is 6.15. The molecule has 0 amide bonds. The number of esters is 1. The number of hydrogen-bond acceptors (Lipinski definition) is 5. The van der Waals surface area contributed by atoms with Crippen molar-refractivity contribution in [2.45, 2.75) is 57.2 Å². The SMILES string of the molecule is O=C(OCC1CCCN2CCCCC12)c1cc2nc3c(c(C(F)(F)F)n2n1)CCc1ccccc1-3. The van der Waals surface area contributed by atoms with Gasteiger partial charge < -0.3 is 4.74 Å². The molecule has 9 heteroatoms. The van der Waals surface area contributed by atoms with Gasteiger partial charge in [0.1, 0.15) is 0 Å². The van der Waals surface area contributed by atoms with Gasteiger partial charge in [0.2, 0.25) is 0 Å². The summed E-state index contributed by atoms with van der Waals surface area (Å²) in [5.41, 5.74) is 1.08. The van der Waals surface area contributed by atoms with Gasteiger partial charge in [-0.05, 0) is 57.2 Å². The third-order valence-electron chi connectivity index (χ3n) is 7.75. The van der Waals surface area contributed by atoms with E-state index in [4.69, 9.17) is 4.74 Å². The number of halogens is 3. The van der Waals surface area contributed by atoms with Crippen LogP contribution < -0.4 is 0 Å². The first kappa shape index (κ1) is 22.5. The molecule has 184 valence electrons. The van der Waals surface area contributed by atoms with Crippen molar-refractivity contribution < 1.29 is 22.7 Å². The van der Waals surface area contributed by atoms with Gasteiger partial charge in [0, 0.05) is 29.2 Å². The van der Waals surface area contributed by atoms with Crippen LogP contribution in [0.3, 0.4) is 0 Å². The summed E-state index contributed by atoms with van der Waals surface area (Å²) >= 11 is 0. The molecule has 0 saturated carbocycles. The van der Waals surface area contributed by atoms with Crippen molar-refractivity contribution in [3.05, 3.63) is 52.8 Å². The van der Waals surface area contributed by atoms with Gasteiger partial charge in [-0.1, -0.05) is 30.7 Å². The van der Waals surface area contributed by atoms with E-state index < -0.39 is 17.8 Å². The molecule has 0 radical (unpaired) electrons. The van der Waals surface area contributed by atoms with Crippen molar-refractivity contribution in [3.63, 3.8) is 0 Å². The zero-order valence-corrected chi connectivity index (χ0v) is 19.4. The van der Waals surface area contributed by atoms with E-state index in [-0.39, 0.29) is 35.9 Å². The van der Waals surface area contributed by atoms with Crippen LogP contribution in [0, 0.1) is 5.92 Å². The molecule has 0 bridgehead atoms. The van der Waals surface area contributed by atoms with Crippen molar-refractivity contribution in [1.82, 2.24) is 19.5 Å². The molecule has 2 unspecified atom stereocenters. The Bertz CT molecular complexity index is 1280. The monoisotopic (exact) mass is 484 g/mol. The number of nitrogens with zero attached hydrogens (tertiary/aromatic N) is 4. The second kappa shape index (κ2) is 8.62. The predicted octanol–water partition coefficient (Wildman–Crippen LogP) is 4.94. The number of rotatable bonds is 3. The molecule has 3 aliphatic rings. The summed E-state index contributed by atoms with van der Waals surface area (Å²) < 4.78 is 49.1. The Morgan fingerprint density at radius 3 is 2.77 bits per heavy atom. The summed E-state index contributed by atoms with van der Waals surface area (Å²) in [6.45, 7) is 2.43. The number of piperidine rings is 2. The van der Waals surface area contributed by atoms with E-state index in [9.17, 15) is 18.0 Å². The van der Waals surface area contributed by atoms with E-state index in [1.165, 1.54) is 18.9 Å². The number of aromatic nitrogens is 3. The number of ether oxygens (including phenoxy) is 1. The molecule has 1 aliphatic carbocycles. The smallest absolute Gasteiger partial charge is 0.433 e. The lowest BCUT2D eigenvalue weighted by atomic mass is 9.84. The molecular formula is C26H27F3N4O2. The van der Waals surface area contributed by atoms with Gasteiger partial charge in [-0.2, -0.15) is 18.3 Å². The minimum absolute atomic E-state index is 0.00384. The second-order valence-corrected chi connectivity index (χ2v) is 9.84. The van der Waals surface area contributed by atoms with E-state index in [1.807, 2.05) is 12.1 Å². The summed E-state index contributed by atoms with van der Waals surface area (Å²) in [6.07, 6.45) is 1.60. The Morgan fingerprint density at radius 2 is 1.91 bits per heavy atom. The normalized spacial score (nSPS) is 22.4. The maximum Gasteiger partial charge on any atom is 0.433 e. The summed E-state index contributed by atoms with van der Waals surface area (Å²) in [6, 6.07) is 9.10. The Morgan fingerprint density at radius 1 is 1.09 bits per heavy atom. The van der Waals surface area contributed by atoms with Crippen LogP contribution in [0.15, 0.2) is 30.3 Å². The number of fused-ring (bicyclic) bond motifs is 5. The molecule has 0 N–H and O–H groups in total. The average Bonchev–Trinajstić information content (AvgIpc) is 3.28. The Kier molecular flexibility index (Phi) is 5.55. The molecule has 2 saturated heterocycles. The van der Waals surface area contributed by atoms with Crippen LogP contribution in [0.1, 0.15) is 59.4 Å². The van der Waals surface area contributed by atoms with Crippen molar-refractivity contribution >= 4 is 11.6 Å². The van der Waals surface area contributed by atoms with Crippen LogP contribution >= 0.6 is 0 Å². The van der Waals surface area contributed by atoms with Crippen LogP contribution in [-0.4, -0.2) is 51.2 Å². The van der Waals surface area contributed by atoms with Gasteiger partial charge in [-0.15, -0.1) is 0 Å². The maximum absolute atomic E-state index is 14.2. The second-order valence-electron chi connectivity index (χ2n) is 9.84. The van der Waals surface area contributed by atoms with Gasteiger partial charge in [0.05, 0.1) is 12.3 Å². The molecule has 1 aromatic carbocycles.